The van der Waals surface area contributed by atoms with Gasteiger partial charge in [0.25, 0.3) is 10.0 Å². The molecule has 1 fully saturated rings. The van der Waals surface area contributed by atoms with Crippen LogP contribution in [0.2, 0.25) is 5.02 Å². The Balaban J connectivity index is 1.51. The third kappa shape index (κ3) is 4.89. The number of carbonyl (C=O) groups excluding carboxylic acids is 2. The number of amides is 2. The van der Waals surface area contributed by atoms with E-state index in [4.69, 9.17) is 11.6 Å². The number of nitrogens with zero attached hydrogens (tertiary/aromatic N) is 1. The van der Waals surface area contributed by atoms with Crippen LogP contribution in [0.25, 0.3) is 0 Å². The van der Waals surface area contributed by atoms with E-state index in [1.54, 1.807) is 31.2 Å². The molecule has 7 nitrogen and oxygen atoms in total. The maximum Gasteiger partial charge on any atom is 0.261 e. The quantitative estimate of drug-likeness (QED) is 0.653. The van der Waals surface area contributed by atoms with Crippen LogP contribution >= 0.6 is 23.4 Å². The van der Waals surface area contributed by atoms with Crippen molar-refractivity contribution < 1.29 is 18.0 Å². The highest BCUT2D eigenvalue weighted by molar-refractivity contribution is 7.99. The number of nitrogens with one attached hydrogen (secondary N) is 2. The molecule has 0 unspecified atom stereocenters. The van der Waals surface area contributed by atoms with Gasteiger partial charge in [-0.2, -0.15) is 0 Å². The molecule has 2 aromatic carbocycles. The molecule has 2 heterocycles. The zero-order valence-corrected chi connectivity index (χ0v) is 19.9. The van der Waals surface area contributed by atoms with Gasteiger partial charge in [-0.1, -0.05) is 17.7 Å². The van der Waals surface area contributed by atoms with Crippen LogP contribution in [0, 0.1) is 12.8 Å². The maximum absolute atomic E-state index is 13.0. The molecule has 2 N–H and O–H groups in total. The molecule has 2 aliphatic heterocycles. The van der Waals surface area contributed by atoms with E-state index in [0.717, 1.165) is 30.8 Å². The van der Waals surface area contributed by atoms with Crippen LogP contribution in [-0.2, 0) is 19.6 Å². The lowest BCUT2D eigenvalue weighted by atomic mass is 10.1. The number of thioether (sulfide) groups is 1. The Morgan fingerprint density at radius 2 is 2.00 bits per heavy atom. The molecular formula is C22H24ClN3O4S2. The van der Waals surface area contributed by atoms with Crippen molar-refractivity contribution in [2.75, 3.05) is 28.9 Å². The topological polar surface area (TPSA) is 95.6 Å². The Morgan fingerprint density at radius 3 is 2.75 bits per heavy atom. The molecule has 170 valence electrons. The van der Waals surface area contributed by atoms with Gasteiger partial charge < -0.3 is 10.2 Å². The third-order valence-corrected chi connectivity index (χ3v) is 8.73. The molecule has 0 aromatic heterocycles. The molecule has 0 aliphatic carbocycles. The van der Waals surface area contributed by atoms with Crippen LogP contribution in [0.5, 0.6) is 0 Å². The number of hydrogen-bond acceptors (Lipinski definition) is 5. The predicted molar refractivity (Wildman–Crippen MR) is 127 cm³/mol. The fraction of sp³-hybridized carbons (Fsp3) is 0.364. The van der Waals surface area contributed by atoms with Crippen molar-refractivity contribution in [1.82, 2.24) is 4.90 Å². The average molecular weight is 494 g/mol. The summed E-state index contributed by atoms with van der Waals surface area (Å²) in [7, 11) is -3.89. The van der Waals surface area contributed by atoms with Crippen LogP contribution < -0.4 is 10.0 Å². The molecule has 2 aromatic rings. The summed E-state index contributed by atoms with van der Waals surface area (Å²) in [5, 5.41) is 3.28. The predicted octanol–water partition coefficient (Wildman–Crippen LogP) is 4.12. The number of rotatable bonds is 5. The van der Waals surface area contributed by atoms with Crippen LogP contribution in [0.4, 0.5) is 11.4 Å². The normalized spacial score (nSPS) is 18.6. The third-order valence-electron chi connectivity index (χ3n) is 5.72. The molecule has 10 heteroatoms. The van der Waals surface area contributed by atoms with Gasteiger partial charge in [-0.05, 0) is 55.7 Å². The second kappa shape index (κ2) is 9.33. The van der Waals surface area contributed by atoms with Crippen molar-refractivity contribution in [2.24, 2.45) is 5.92 Å². The molecule has 2 aliphatic rings. The Morgan fingerprint density at radius 1 is 1.25 bits per heavy atom. The Labute approximate surface area is 196 Å². The molecule has 4 rings (SSSR count). The van der Waals surface area contributed by atoms with Crippen LogP contribution in [0.1, 0.15) is 24.8 Å². The number of halogens is 1. The number of carbonyl (C=O) groups is 2. The SMILES string of the molecule is Cc1c(Cl)cccc1NS(=O)(=O)c1ccc2c(c1)NC(=O)[C@@H](CC(=O)N1CCCC1)CS2. The zero-order chi connectivity index (χ0) is 22.9. The van der Waals surface area contributed by atoms with Crippen molar-refractivity contribution in [2.45, 2.75) is 36.0 Å². The van der Waals surface area contributed by atoms with E-state index >= 15 is 0 Å². The van der Waals surface area contributed by atoms with Gasteiger partial charge in [0.1, 0.15) is 0 Å². The van der Waals surface area contributed by atoms with Gasteiger partial charge >= 0.3 is 0 Å². The number of likely N-dealkylation sites (tertiary alicyclic amines) is 1. The van der Waals surface area contributed by atoms with Gasteiger partial charge in [0, 0.05) is 35.2 Å². The Bertz CT molecular complexity index is 1160. The summed E-state index contributed by atoms with van der Waals surface area (Å²) in [5.41, 5.74) is 1.45. The van der Waals surface area contributed by atoms with E-state index in [2.05, 4.69) is 10.0 Å². The van der Waals surface area contributed by atoms with Crippen molar-refractivity contribution >= 4 is 56.6 Å². The van der Waals surface area contributed by atoms with Crippen LogP contribution in [0.15, 0.2) is 46.2 Å². The summed E-state index contributed by atoms with van der Waals surface area (Å²) in [6.07, 6.45) is 2.17. The number of fused-ring (bicyclic) bond motifs is 1. The number of anilines is 2. The van der Waals surface area contributed by atoms with Gasteiger partial charge in [0.15, 0.2) is 0 Å². The smallest absolute Gasteiger partial charge is 0.261 e. The summed E-state index contributed by atoms with van der Waals surface area (Å²) in [6.45, 7) is 3.24. The molecule has 1 atom stereocenters. The van der Waals surface area contributed by atoms with Gasteiger partial charge in [0.05, 0.1) is 22.2 Å². The van der Waals surface area contributed by atoms with Crippen molar-refractivity contribution in [3.63, 3.8) is 0 Å². The van der Waals surface area contributed by atoms with E-state index in [1.807, 2.05) is 4.90 Å². The summed E-state index contributed by atoms with van der Waals surface area (Å²) >= 11 is 7.54. The fourth-order valence-corrected chi connectivity index (χ4v) is 6.18. The Hall–Kier alpha value is -2.23. The first-order valence-corrected chi connectivity index (χ1v) is 13.2. The molecule has 2 amide bonds. The van der Waals surface area contributed by atoms with Gasteiger partial charge in [-0.25, -0.2) is 8.42 Å². The summed E-state index contributed by atoms with van der Waals surface area (Å²) in [5.74, 6) is -0.270. The molecular weight excluding hydrogens is 470 g/mol. The van der Waals surface area contributed by atoms with Crippen molar-refractivity contribution in [3.8, 4) is 0 Å². The fourth-order valence-electron chi connectivity index (χ4n) is 3.78. The summed E-state index contributed by atoms with van der Waals surface area (Å²) in [4.78, 5) is 27.9. The number of hydrogen-bond donors (Lipinski definition) is 2. The van der Waals surface area contributed by atoms with Gasteiger partial charge in [-0.15, -0.1) is 11.8 Å². The van der Waals surface area contributed by atoms with E-state index in [0.29, 0.717) is 27.7 Å². The lowest BCUT2D eigenvalue weighted by molar-refractivity contribution is -0.133. The van der Waals surface area contributed by atoms with E-state index in [1.165, 1.54) is 23.9 Å². The largest absolute Gasteiger partial charge is 0.343 e. The average Bonchev–Trinajstić information content (AvgIpc) is 3.25. The Kier molecular flexibility index (Phi) is 6.69. The first-order valence-electron chi connectivity index (χ1n) is 10.4. The molecule has 0 bridgehead atoms. The lowest BCUT2D eigenvalue weighted by Gasteiger charge is -2.18. The zero-order valence-electron chi connectivity index (χ0n) is 17.6. The van der Waals surface area contributed by atoms with E-state index in [9.17, 15) is 18.0 Å². The van der Waals surface area contributed by atoms with Crippen LogP contribution in [0.3, 0.4) is 0 Å². The lowest BCUT2D eigenvalue weighted by Crippen LogP contribution is -2.33. The highest BCUT2D eigenvalue weighted by atomic mass is 35.5. The molecule has 0 spiro atoms. The monoisotopic (exact) mass is 493 g/mol. The summed E-state index contributed by atoms with van der Waals surface area (Å²) < 4.78 is 28.5. The molecule has 0 saturated carbocycles. The highest BCUT2D eigenvalue weighted by Gasteiger charge is 2.30. The first-order chi connectivity index (χ1) is 15.2. The molecule has 1 saturated heterocycles. The number of sulfonamides is 1. The second-order valence-corrected chi connectivity index (χ2v) is 11.1. The van der Waals surface area contributed by atoms with Crippen molar-refractivity contribution in [3.05, 3.63) is 47.0 Å². The van der Waals surface area contributed by atoms with Gasteiger partial charge in [0.2, 0.25) is 11.8 Å². The van der Waals surface area contributed by atoms with Crippen molar-refractivity contribution in [1.29, 1.82) is 0 Å². The first kappa shape index (κ1) is 22.9. The summed E-state index contributed by atoms with van der Waals surface area (Å²) in [6, 6.07) is 9.65. The van der Waals surface area contributed by atoms with Gasteiger partial charge in [-0.3, -0.25) is 14.3 Å². The van der Waals surface area contributed by atoms with E-state index < -0.39 is 15.9 Å². The van der Waals surface area contributed by atoms with Crippen LogP contribution in [-0.4, -0.2) is 44.0 Å². The molecule has 32 heavy (non-hydrogen) atoms. The maximum atomic E-state index is 13.0. The molecule has 0 radical (unpaired) electrons. The van der Waals surface area contributed by atoms with E-state index in [-0.39, 0.29) is 23.1 Å². The number of benzene rings is 2. The standard InChI is InChI=1S/C22H24ClN3O4S2/c1-14-17(23)5-4-6-18(14)25-32(29,30)16-7-8-20-19(12-16)24-22(28)15(13-31-20)11-21(27)26-9-2-3-10-26/h4-8,12,15,25H,2-3,9-11,13H2,1H3,(H,24,28)/t15-/m0/s1. The minimum atomic E-state index is -3.89. The minimum absolute atomic E-state index is 0.00133. The second-order valence-electron chi connectivity index (χ2n) is 7.97. The highest BCUT2D eigenvalue weighted by Crippen LogP contribution is 2.36. The minimum Gasteiger partial charge on any atom is -0.343 e.